The molecule has 4 nitrogen and oxygen atoms in total. The zero-order valence-corrected chi connectivity index (χ0v) is 9.80. The quantitative estimate of drug-likeness (QED) is 0.719. The third-order valence-electron chi connectivity index (χ3n) is 1.99. The van der Waals surface area contributed by atoms with Crippen LogP contribution in [-0.2, 0) is 16.1 Å². The number of hydrogen-bond donors (Lipinski definition) is 0. The molecular weight excluding hydrogens is 204 g/mol. The highest BCUT2D eigenvalue weighted by Crippen LogP contribution is 2.05. The lowest BCUT2D eigenvalue weighted by atomic mass is 10.2. The van der Waals surface area contributed by atoms with E-state index in [2.05, 4.69) is 4.98 Å². The van der Waals surface area contributed by atoms with Crippen molar-refractivity contribution < 1.29 is 9.53 Å². The van der Waals surface area contributed by atoms with E-state index in [-0.39, 0.29) is 5.91 Å². The Morgan fingerprint density at radius 1 is 1.56 bits per heavy atom. The molecule has 0 radical (unpaired) electrons. The first-order valence-corrected chi connectivity index (χ1v) is 4.96. The van der Waals surface area contributed by atoms with Gasteiger partial charge >= 0.3 is 0 Å². The van der Waals surface area contributed by atoms with Crippen LogP contribution in [0.5, 0.6) is 0 Å². The molecule has 86 valence electrons. The van der Waals surface area contributed by atoms with Crippen molar-refractivity contribution >= 4 is 12.0 Å². The smallest absolute Gasteiger partial charge is 0.246 e. The molecule has 1 aromatic rings. The molecule has 0 aliphatic rings. The Kier molecular flexibility index (Phi) is 4.66. The van der Waals surface area contributed by atoms with Crippen LogP contribution in [-0.4, -0.2) is 37.0 Å². The Balaban J connectivity index is 2.73. The van der Waals surface area contributed by atoms with E-state index in [0.717, 1.165) is 11.3 Å². The lowest BCUT2D eigenvalue weighted by Gasteiger charge is -2.05. The number of ether oxygens (including phenoxy) is 1. The van der Waals surface area contributed by atoms with Gasteiger partial charge in [-0.1, -0.05) is 0 Å². The molecule has 0 saturated carbocycles. The molecule has 1 heterocycles. The molecule has 0 aromatic carbocycles. The van der Waals surface area contributed by atoms with E-state index < -0.39 is 0 Å². The van der Waals surface area contributed by atoms with Crippen LogP contribution >= 0.6 is 0 Å². The number of pyridine rings is 1. The lowest BCUT2D eigenvalue weighted by molar-refractivity contribution is -0.123. The van der Waals surface area contributed by atoms with E-state index in [1.54, 1.807) is 33.5 Å². The molecule has 0 spiro atoms. The Morgan fingerprint density at radius 2 is 2.31 bits per heavy atom. The summed E-state index contributed by atoms with van der Waals surface area (Å²) in [6.07, 6.45) is 4.90. The van der Waals surface area contributed by atoms with Gasteiger partial charge in [0.15, 0.2) is 0 Å². The fourth-order valence-electron chi connectivity index (χ4n) is 1.15. The summed E-state index contributed by atoms with van der Waals surface area (Å²) in [6, 6.07) is 3.78. The SMILES string of the molecule is COCc1ccnc(C=CC(=O)N(C)C)c1. The molecule has 0 aliphatic carbocycles. The maximum atomic E-state index is 11.3. The minimum atomic E-state index is -0.0565. The van der Waals surface area contributed by atoms with Gasteiger partial charge in [0.25, 0.3) is 0 Å². The minimum absolute atomic E-state index is 0.0565. The molecule has 0 fully saturated rings. The molecule has 0 atom stereocenters. The lowest BCUT2D eigenvalue weighted by Crippen LogP contribution is -2.18. The first-order valence-electron chi connectivity index (χ1n) is 4.96. The van der Waals surface area contributed by atoms with Crippen LogP contribution < -0.4 is 0 Å². The highest BCUT2D eigenvalue weighted by atomic mass is 16.5. The van der Waals surface area contributed by atoms with Gasteiger partial charge in [0.05, 0.1) is 12.3 Å². The monoisotopic (exact) mass is 220 g/mol. The van der Waals surface area contributed by atoms with Gasteiger partial charge in [0.2, 0.25) is 5.91 Å². The van der Waals surface area contributed by atoms with Crippen LogP contribution in [0.15, 0.2) is 24.4 Å². The summed E-state index contributed by atoms with van der Waals surface area (Å²) in [5.74, 6) is -0.0565. The van der Waals surface area contributed by atoms with Crippen molar-refractivity contribution in [1.82, 2.24) is 9.88 Å². The molecule has 1 aromatic heterocycles. The summed E-state index contributed by atoms with van der Waals surface area (Å²) in [7, 11) is 5.06. The van der Waals surface area contributed by atoms with Crippen LogP contribution in [0.4, 0.5) is 0 Å². The number of carbonyl (C=O) groups is 1. The number of amides is 1. The molecule has 0 unspecified atom stereocenters. The average molecular weight is 220 g/mol. The van der Waals surface area contributed by atoms with Gasteiger partial charge in [0, 0.05) is 33.5 Å². The zero-order chi connectivity index (χ0) is 12.0. The molecule has 16 heavy (non-hydrogen) atoms. The molecule has 0 aliphatic heterocycles. The molecular formula is C12H16N2O2. The van der Waals surface area contributed by atoms with Crippen molar-refractivity contribution in [2.24, 2.45) is 0 Å². The topological polar surface area (TPSA) is 42.4 Å². The average Bonchev–Trinajstić information content (AvgIpc) is 2.26. The summed E-state index contributed by atoms with van der Waals surface area (Å²) >= 11 is 0. The van der Waals surface area contributed by atoms with Crippen molar-refractivity contribution in [3.8, 4) is 0 Å². The summed E-state index contributed by atoms with van der Waals surface area (Å²) in [5, 5.41) is 0. The summed E-state index contributed by atoms with van der Waals surface area (Å²) in [5.41, 5.74) is 1.79. The Labute approximate surface area is 95.6 Å². The summed E-state index contributed by atoms with van der Waals surface area (Å²) in [4.78, 5) is 17.0. The van der Waals surface area contributed by atoms with Gasteiger partial charge in [-0.2, -0.15) is 0 Å². The standard InChI is InChI=1S/C12H16N2O2/c1-14(2)12(15)5-4-11-8-10(9-16-3)6-7-13-11/h4-8H,9H2,1-3H3. The Hall–Kier alpha value is -1.68. The van der Waals surface area contributed by atoms with E-state index in [1.807, 2.05) is 12.1 Å². The first-order chi connectivity index (χ1) is 7.63. The van der Waals surface area contributed by atoms with E-state index in [9.17, 15) is 4.79 Å². The van der Waals surface area contributed by atoms with Crippen LogP contribution in [0.1, 0.15) is 11.3 Å². The Morgan fingerprint density at radius 3 is 2.94 bits per heavy atom. The van der Waals surface area contributed by atoms with Crippen LogP contribution in [0, 0.1) is 0 Å². The first kappa shape index (κ1) is 12.4. The number of hydrogen-bond acceptors (Lipinski definition) is 3. The number of rotatable bonds is 4. The normalized spacial score (nSPS) is 10.7. The van der Waals surface area contributed by atoms with Crippen molar-refractivity contribution in [1.29, 1.82) is 0 Å². The van der Waals surface area contributed by atoms with E-state index in [0.29, 0.717) is 6.61 Å². The van der Waals surface area contributed by atoms with Crippen molar-refractivity contribution in [2.45, 2.75) is 6.61 Å². The molecule has 0 saturated heterocycles. The number of nitrogens with zero attached hydrogens (tertiary/aromatic N) is 2. The van der Waals surface area contributed by atoms with Gasteiger partial charge in [-0.3, -0.25) is 9.78 Å². The largest absolute Gasteiger partial charge is 0.380 e. The van der Waals surface area contributed by atoms with Crippen LogP contribution in [0.2, 0.25) is 0 Å². The van der Waals surface area contributed by atoms with Gasteiger partial charge < -0.3 is 9.64 Å². The second kappa shape index (κ2) is 6.02. The maximum Gasteiger partial charge on any atom is 0.246 e. The fourth-order valence-corrected chi connectivity index (χ4v) is 1.15. The number of carbonyl (C=O) groups excluding carboxylic acids is 1. The maximum absolute atomic E-state index is 11.3. The third-order valence-corrected chi connectivity index (χ3v) is 1.99. The predicted molar refractivity (Wildman–Crippen MR) is 62.7 cm³/mol. The second-order valence-corrected chi connectivity index (χ2v) is 3.59. The second-order valence-electron chi connectivity index (χ2n) is 3.59. The highest BCUT2D eigenvalue weighted by molar-refractivity contribution is 5.91. The van der Waals surface area contributed by atoms with E-state index in [1.165, 1.54) is 11.0 Å². The van der Waals surface area contributed by atoms with Gasteiger partial charge in [-0.05, 0) is 23.8 Å². The van der Waals surface area contributed by atoms with E-state index >= 15 is 0 Å². The minimum Gasteiger partial charge on any atom is -0.380 e. The molecule has 0 N–H and O–H groups in total. The number of aromatic nitrogens is 1. The van der Waals surface area contributed by atoms with Crippen molar-refractivity contribution in [3.05, 3.63) is 35.7 Å². The molecule has 1 amide bonds. The highest BCUT2D eigenvalue weighted by Gasteiger charge is 1.98. The fraction of sp³-hybridized carbons (Fsp3) is 0.333. The molecule has 1 rings (SSSR count). The summed E-state index contributed by atoms with van der Waals surface area (Å²) < 4.78 is 5.02. The van der Waals surface area contributed by atoms with Crippen LogP contribution in [0.25, 0.3) is 6.08 Å². The Bertz CT molecular complexity index is 386. The number of likely N-dealkylation sites (N-methyl/N-ethyl adjacent to an activating group) is 1. The zero-order valence-electron chi connectivity index (χ0n) is 9.80. The van der Waals surface area contributed by atoms with Crippen molar-refractivity contribution in [3.63, 3.8) is 0 Å². The third kappa shape index (κ3) is 3.82. The van der Waals surface area contributed by atoms with Crippen molar-refractivity contribution in [2.75, 3.05) is 21.2 Å². The molecule has 4 heteroatoms. The van der Waals surface area contributed by atoms with Gasteiger partial charge in [0.1, 0.15) is 0 Å². The molecule has 0 bridgehead atoms. The van der Waals surface area contributed by atoms with E-state index in [4.69, 9.17) is 4.74 Å². The van der Waals surface area contributed by atoms with Gasteiger partial charge in [-0.15, -0.1) is 0 Å². The predicted octanol–water partition coefficient (Wildman–Crippen LogP) is 1.33. The van der Waals surface area contributed by atoms with Gasteiger partial charge in [-0.25, -0.2) is 0 Å². The van der Waals surface area contributed by atoms with Crippen LogP contribution in [0.3, 0.4) is 0 Å². The number of methoxy groups -OCH3 is 1. The summed E-state index contributed by atoms with van der Waals surface area (Å²) in [6.45, 7) is 0.547.